The average Bonchev–Trinajstić information content (AvgIpc) is 2.56. The van der Waals surface area contributed by atoms with Gasteiger partial charge in [-0.05, 0) is 43.3 Å². The van der Waals surface area contributed by atoms with Gasteiger partial charge in [-0.2, -0.15) is 0 Å². The third-order valence-corrected chi connectivity index (χ3v) is 4.84. The molecular formula is C17H14ClN3O2S. The predicted molar refractivity (Wildman–Crippen MR) is 96.9 cm³/mol. The van der Waals surface area contributed by atoms with Crippen LogP contribution in [0.5, 0.6) is 0 Å². The minimum atomic E-state index is -0.517. The number of nitrogens with zero attached hydrogens (tertiary/aromatic N) is 2. The van der Waals surface area contributed by atoms with Crippen LogP contribution >= 0.6 is 23.4 Å². The van der Waals surface area contributed by atoms with Crippen LogP contribution < -0.4 is 11.3 Å². The van der Waals surface area contributed by atoms with Crippen molar-refractivity contribution >= 4 is 40.2 Å². The van der Waals surface area contributed by atoms with Gasteiger partial charge in [-0.3, -0.25) is 14.2 Å². The van der Waals surface area contributed by atoms with E-state index in [1.54, 1.807) is 49.4 Å². The third kappa shape index (κ3) is 3.16. The molecule has 0 saturated carbocycles. The maximum Gasteiger partial charge on any atom is 0.266 e. The van der Waals surface area contributed by atoms with Crippen LogP contribution in [0.15, 0.2) is 58.5 Å². The Morgan fingerprint density at radius 1 is 1.21 bits per heavy atom. The van der Waals surface area contributed by atoms with Gasteiger partial charge in [-0.15, -0.1) is 0 Å². The lowest BCUT2D eigenvalue weighted by Crippen LogP contribution is -2.26. The van der Waals surface area contributed by atoms with Crippen LogP contribution in [0.4, 0.5) is 0 Å². The molecule has 1 atom stereocenters. The quantitative estimate of drug-likeness (QED) is 0.573. The second-order valence-corrected chi connectivity index (χ2v) is 6.94. The Morgan fingerprint density at radius 3 is 2.54 bits per heavy atom. The second-order valence-electron chi connectivity index (χ2n) is 5.19. The van der Waals surface area contributed by atoms with E-state index < -0.39 is 11.2 Å². The molecule has 0 spiro atoms. The summed E-state index contributed by atoms with van der Waals surface area (Å²) in [6, 6.07) is 14.0. The van der Waals surface area contributed by atoms with Gasteiger partial charge in [0.15, 0.2) is 5.16 Å². The molecule has 7 heteroatoms. The van der Waals surface area contributed by atoms with E-state index in [9.17, 15) is 9.59 Å². The van der Waals surface area contributed by atoms with Crippen molar-refractivity contribution in [2.45, 2.75) is 17.3 Å². The molecule has 0 unspecified atom stereocenters. The molecule has 0 aliphatic rings. The van der Waals surface area contributed by atoms with Crippen LogP contribution in [0.25, 0.3) is 16.6 Å². The molecule has 0 saturated heterocycles. The molecule has 2 aromatic carbocycles. The Morgan fingerprint density at radius 2 is 1.88 bits per heavy atom. The standard InChI is InChI=1S/C17H14ClN3O2S/c1-10(15(19)22)24-17-20-14-5-3-2-4-13(14)16(23)21(17)12-8-6-11(18)7-9-12/h2-10H,1H3,(H2,19,22)/t10-/m1/s1. The van der Waals surface area contributed by atoms with Crippen molar-refractivity contribution in [1.82, 2.24) is 9.55 Å². The maximum absolute atomic E-state index is 12.9. The zero-order valence-electron chi connectivity index (χ0n) is 12.8. The van der Waals surface area contributed by atoms with E-state index >= 15 is 0 Å². The number of para-hydroxylation sites is 1. The van der Waals surface area contributed by atoms with Crippen LogP contribution in [0, 0.1) is 0 Å². The number of amides is 1. The Hall–Kier alpha value is -2.31. The molecule has 1 amide bonds. The first-order valence-corrected chi connectivity index (χ1v) is 8.47. The van der Waals surface area contributed by atoms with Crippen molar-refractivity contribution in [2.75, 3.05) is 0 Å². The van der Waals surface area contributed by atoms with Gasteiger partial charge in [0, 0.05) is 5.02 Å². The van der Waals surface area contributed by atoms with Gasteiger partial charge < -0.3 is 5.73 Å². The fraction of sp³-hybridized carbons (Fsp3) is 0.118. The van der Waals surface area contributed by atoms with E-state index in [2.05, 4.69) is 4.98 Å². The summed E-state index contributed by atoms with van der Waals surface area (Å²) < 4.78 is 1.47. The third-order valence-electron chi connectivity index (χ3n) is 3.51. The lowest BCUT2D eigenvalue weighted by Gasteiger charge is -2.15. The Labute approximate surface area is 147 Å². The number of hydrogen-bond acceptors (Lipinski definition) is 4. The number of benzene rings is 2. The van der Waals surface area contributed by atoms with Crippen LogP contribution in [-0.4, -0.2) is 20.7 Å². The smallest absolute Gasteiger partial charge is 0.266 e. The minimum Gasteiger partial charge on any atom is -0.369 e. The van der Waals surface area contributed by atoms with Gasteiger partial charge in [0.2, 0.25) is 5.91 Å². The van der Waals surface area contributed by atoms with E-state index in [-0.39, 0.29) is 5.56 Å². The van der Waals surface area contributed by atoms with Crippen LogP contribution in [0.1, 0.15) is 6.92 Å². The predicted octanol–water partition coefficient (Wildman–Crippen LogP) is 3.01. The lowest BCUT2D eigenvalue weighted by molar-refractivity contribution is -0.117. The Bertz CT molecular complexity index is 970. The summed E-state index contributed by atoms with van der Waals surface area (Å²) in [6.45, 7) is 1.68. The molecule has 3 aromatic rings. The van der Waals surface area contributed by atoms with Gasteiger partial charge in [0.1, 0.15) is 0 Å². The molecule has 0 aliphatic carbocycles. The molecule has 0 aliphatic heterocycles. The molecule has 1 heterocycles. The molecule has 122 valence electrons. The number of thioether (sulfide) groups is 1. The maximum atomic E-state index is 12.9. The van der Waals surface area contributed by atoms with Crippen LogP contribution in [0.2, 0.25) is 5.02 Å². The van der Waals surface area contributed by atoms with Crippen molar-refractivity contribution in [2.24, 2.45) is 5.73 Å². The highest BCUT2D eigenvalue weighted by Crippen LogP contribution is 2.25. The SMILES string of the molecule is C[C@@H](Sc1nc2ccccc2c(=O)n1-c1ccc(Cl)cc1)C(N)=O. The zero-order valence-corrected chi connectivity index (χ0v) is 14.3. The fourth-order valence-corrected chi connectivity index (χ4v) is 3.23. The van der Waals surface area contributed by atoms with Gasteiger partial charge in [0.05, 0.1) is 21.8 Å². The van der Waals surface area contributed by atoms with Crippen molar-refractivity contribution in [3.8, 4) is 5.69 Å². The highest BCUT2D eigenvalue weighted by Gasteiger charge is 2.18. The first-order chi connectivity index (χ1) is 11.5. The molecule has 3 rings (SSSR count). The molecule has 1 aromatic heterocycles. The molecular weight excluding hydrogens is 346 g/mol. The van der Waals surface area contributed by atoms with Gasteiger partial charge >= 0.3 is 0 Å². The molecule has 2 N–H and O–H groups in total. The second kappa shape index (κ2) is 6.67. The molecule has 0 fully saturated rings. The number of nitrogens with two attached hydrogens (primary N) is 1. The first-order valence-electron chi connectivity index (χ1n) is 7.21. The number of primary amides is 1. The molecule has 24 heavy (non-hydrogen) atoms. The monoisotopic (exact) mass is 359 g/mol. The van der Waals surface area contributed by atoms with E-state index in [0.29, 0.717) is 26.8 Å². The molecule has 0 bridgehead atoms. The van der Waals surface area contributed by atoms with E-state index in [4.69, 9.17) is 17.3 Å². The summed E-state index contributed by atoms with van der Waals surface area (Å²) in [6.07, 6.45) is 0. The minimum absolute atomic E-state index is 0.206. The van der Waals surface area contributed by atoms with E-state index in [1.165, 1.54) is 4.57 Å². The average molecular weight is 360 g/mol. The van der Waals surface area contributed by atoms with Crippen molar-refractivity contribution < 1.29 is 4.79 Å². The first kappa shape index (κ1) is 16.5. The van der Waals surface area contributed by atoms with Crippen molar-refractivity contribution in [3.63, 3.8) is 0 Å². The van der Waals surface area contributed by atoms with Crippen molar-refractivity contribution in [3.05, 3.63) is 63.9 Å². The summed E-state index contributed by atoms with van der Waals surface area (Å²) in [5.41, 5.74) is 6.35. The largest absolute Gasteiger partial charge is 0.369 e. The number of carbonyl (C=O) groups excluding carboxylic acids is 1. The summed E-state index contributed by atoms with van der Waals surface area (Å²) >= 11 is 7.08. The summed E-state index contributed by atoms with van der Waals surface area (Å²) in [5, 5.41) is 0.965. The lowest BCUT2D eigenvalue weighted by atomic mass is 10.2. The number of halogens is 1. The molecule has 5 nitrogen and oxygen atoms in total. The summed E-state index contributed by atoms with van der Waals surface area (Å²) in [5.74, 6) is -0.468. The summed E-state index contributed by atoms with van der Waals surface area (Å²) in [7, 11) is 0. The fourth-order valence-electron chi connectivity index (χ4n) is 2.23. The van der Waals surface area contributed by atoms with E-state index in [0.717, 1.165) is 11.8 Å². The topological polar surface area (TPSA) is 78.0 Å². The molecule has 0 radical (unpaired) electrons. The number of aromatic nitrogens is 2. The van der Waals surface area contributed by atoms with Crippen molar-refractivity contribution in [1.29, 1.82) is 0 Å². The normalized spacial score (nSPS) is 12.2. The van der Waals surface area contributed by atoms with E-state index in [1.807, 2.05) is 6.07 Å². The summed E-state index contributed by atoms with van der Waals surface area (Å²) in [4.78, 5) is 28.9. The highest BCUT2D eigenvalue weighted by atomic mass is 35.5. The number of fused-ring (bicyclic) bond motifs is 1. The number of rotatable bonds is 4. The Balaban J connectivity index is 2.27. The highest BCUT2D eigenvalue weighted by molar-refractivity contribution is 8.00. The number of carbonyl (C=O) groups is 1. The van der Waals surface area contributed by atoms with Gasteiger partial charge in [-0.1, -0.05) is 35.5 Å². The number of hydrogen-bond donors (Lipinski definition) is 1. The van der Waals surface area contributed by atoms with Gasteiger partial charge in [-0.25, -0.2) is 4.98 Å². The zero-order chi connectivity index (χ0) is 17.3. The van der Waals surface area contributed by atoms with Crippen LogP contribution in [-0.2, 0) is 4.79 Å². The Kier molecular flexibility index (Phi) is 4.59. The van der Waals surface area contributed by atoms with Gasteiger partial charge in [0.25, 0.3) is 5.56 Å². The van der Waals surface area contributed by atoms with Crippen LogP contribution in [0.3, 0.4) is 0 Å².